The predicted octanol–water partition coefficient (Wildman–Crippen LogP) is 7.66. The predicted molar refractivity (Wildman–Crippen MR) is 152 cm³/mol. The van der Waals surface area contributed by atoms with Gasteiger partial charge in [-0.05, 0) is 56.3 Å². The van der Waals surface area contributed by atoms with E-state index in [-0.39, 0.29) is 7.43 Å². The normalized spacial score (nSPS) is 18.5. The maximum absolute atomic E-state index is 5.90. The molecule has 12 heteroatoms. The molecule has 2 aliphatic heterocycles. The Morgan fingerprint density at radius 1 is 0.743 bits per heavy atom. The smallest absolute Gasteiger partial charge is 0.225 e. The molecule has 5 nitrogen and oxygen atoms in total. The third kappa shape index (κ3) is 3.92. The van der Waals surface area contributed by atoms with E-state index in [1.165, 1.54) is 41.8 Å². The van der Waals surface area contributed by atoms with Crippen molar-refractivity contribution in [2.24, 2.45) is 4.30 Å². The van der Waals surface area contributed by atoms with E-state index in [0.717, 1.165) is 3.79 Å². The first kappa shape index (κ1) is 26.0. The second-order valence-electron chi connectivity index (χ2n) is 7.53. The van der Waals surface area contributed by atoms with Gasteiger partial charge in [-0.15, -0.1) is 45.3 Å². The van der Waals surface area contributed by atoms with Gasteiger partial charge in [-0.25, -0.2) is 0 Å². The quantitative estimate of drug-likeness (QED) is 0.161. The minimum atomic E-state index is -0.604. The summed E-state index contributed by atoms with van der Waals surface area (Å²) in [5.41, 5.74) is 4.76. The third-order valence-electron chi connectivity index (χ3n) is 5.92. The number of thiophene rings is 4. The van der Waals surface area contributed by atoms with Gasteiger partial charge in [-0.2, -0.15) is 0 Å². The molecule has 0 unspecified atom stereocenters. The van der Waals surface area contributed by atoms with Crippen molar-refractivity contribution in [3.05, 3.63) is 66.4 Å². The summed E-state index contributed by atoms with van der Waals surface area (Å²) >= 11 is 13.8. The summed E-state index contributed by atoms with van der Waals surface area (Å²) < 4.78 is 27.3. The molecular weight excluding hydrogens is 605 g/mol. The largest absolute Gasteiger partial charge is 0.340 e. The van der Waals surface area contributed by atoms with Crippen molar-refractivity contribution in [3.63, 3.8) is 0 Å². The molecule has 4 aromatic rings. The maximum Gasteiger partial charge on any atom is 0.225 e. The average Bonchev–Trinajstić information content (AvgIpc) is 3.66. The number of rotatable bonds is 0. The third-order valence-corrected chi connectivity index (χ3v) is 10.6. The van der Waals surface area contributed by atoms with Gasteiger partial charge >= 0.3 is 24.8 Å². The minimum Gasteiger partial charge on any atom is -0.340 e. The standard InChI is InChI=1S/C11H7BrO2S2.C11H8O2S2.CH4.BHNS/c12-8-5-7-10(16-8)9-6(1-4-15-9)11(7)13-2-3-14-11;1-5-14-9-7(1)11(12-3-4-13-11)8-2-6-15-10(8)9;;1-2-3/h1,4-5H,2-3H2;1-2,5-6H,3-4H2;1H4;3H. The Morgan fingerprint density at radius 3 is 1.54 bits per heavy atom. The Balaban J connectivity index is 0.000000128. The van der Waals surface area contributed by atoms with Crippen LogP contribution in [0.4, 0.5) is 0 Å². The summed E-state index contributed by atoms with van der Waals surface area (Å²) in [6.45, 7) is 2.71. The SMILES string of the molecule is Brc1cc2c(s1)-c1sccc1C21OCCO1.C.[B]=NS.c1cc2c(s1)-c1sccc1C21OCCO1. The summed E-state index contributed by atoms with van der Waals surface area (Å²) in [4.78, 5) is 5.23. The van der Waals surface area contributed by atoms with Crippen LogP contribution in [0.15, 0.2) is 48.5 Å². The Hall–Kier alpha value is -0.665. The van der Waals surface area contributed by atoms with Crippen LogP contribution in [0, 0.1) is 0 Å². The fourth-order valence-electron chi connectivity index (χ4n) is 4.74. The van der Waals surface area contributed by atoms with Gasteiger partial charge in [0, 0.05) is 22.3 Å². The molecular formula is C23H20BBrNO4S5. The first-order chi connectivity index (χ1) is 16.6. The number of nitrogens with zero attached hydrogens (tertiary/aromatic N) is 1. The molecule has 6 heterocycles. The topological polar surface area (TPSA) is 49.3 Å². The van der Waals surface area contributed by atoms with Crippen LogP contribution in [0.3, 0.4) is 0 Å². The Kier molecular flexibility index (Phi) is 7.60. The van der Waals surface area contributed by atoms with Crippen molar-refractivity contribution < 1.29 is 18.9 Å². The molecule has 0 bridgehead atoms. The van der Waals surface area contributed by atoms with Crippen LogP contribution in [0.1, 0.15) is 29.7 Å². The van der Waals surface area contributed by atoms with E-state index in [2.05, 4.69) is 81.1 Å². The Bertz CT molecular complexity index is 1310. The van der Waals surface area contributed by atoms with Crippen LogP contribution in [-0.2, 0) is 30.5 Å². The molecule has 2 spiro atoms. The molecule has 0 amide bonds. The second kappa shape index (κ2) is 10.2. The van der Waals surface area contributed by atoms with Gasteiger partial charge in [0.15, 0.2) is 0 Å². The van der Waals surface area contributed by atoms with E-state index in [4.69, 9.17) is 18.9 Å². The zero-order chi connectivity index (χ0) is 23.3. The summed E-state index contributed by atoms with van der Waals surface area (Å²) in [6.07, 6.45) is 0. The number of hydrogen-bond donors (Lipinski definition) is 1. The second-order valence-corrected chi connectivity index (χ2v) is 12.9. The van der Waals surface area contributed by atoms with Crippen LogP contribution in [0.25, 0.3) is 19.5 Å². The fourth-order valence-corrected chi connectivity index (χ4v) is 9.55. The van der Waals surface area contributed by atoms with E-state index in [1.807, 2.05) is 0 Å². The molecule has 2 aliphatic carbocycles. The molecule has 181 valence electrons. The molecule has 0 aromatic carbocycles. The summed E-state index contributed by atoms with van der Waals surface area (Å²) in [7, 11) is 4.34. The van der Waals surface area contributed by atoms with Gasteiger partial charge in [-0.1, -0.05) is 7.43 Å². The van der Waals surface area contributed by atoms with Gasteiger partial charge in [0.2, 0.25) is 11.6 Å². The van der Waals surface area contributed by atoms with Crippen LogP contribution < -0.4 is 0 Å². The molecule has 35 heavy (non-hydrogen) atoms. The van der Waals surface area contributed by atoms with E-state index in [0.29, 0.717) is 26.4 Å². The van der Waals surface area contributed by atoms with Gasteiger partial charge < -0.3 is 18.9 Å². The summed E-state index contributed by atoms with van der Waals surface area (Å²) in [5, 5.41) is 6.33. The zero-order valence-corrected chi connectivity index (χ0v) is 23.2. The average molecular weight is 625 g/mol. The minimum absolute atomic E-state index is 0. The number of halogens is 1. The van der Waals surface area contributed by atoms with Crippen molar-refractivity contribution in [3.8, 4) is 19.5 Å². The van der Waals surface area contributed by atoms with Crippen molar-refractivity contribution in [1.29, 1.82) is 0 Å². The van der Waals surface area contributed by atoms with Gasteiger partial charge in [0.05, 0.1) is 49.7 Å². The first-order valence-electron chi connectivity index (χ1n) is 10.3. The number of ether oxygens (including phenoxy) is 4. The first-order valence-corrected chi connectivity index (χ1v) is 14.9. The molecule has 4 aliphatic rings. The van der Waals surface area contributed by atoms with Crippen molar-refractivity contribution >= 4 is 81.7 Å². The maximum atomic E-state index is 5.90. The Labute approximate surface area is 234 Å². The van der Waals surface area contributed by atoms with Crippen LogP contribution in [0.2, 0.25) is 0 Å². The van der Waals surface area contributed by atoms with Crippen LogP contribution in [-0.4, -0.2) is 34.1 Å². The van der Waals surface area contributed by atoms with Crippen molar-refractivity contribution in [2.75, 3.05) is 26.4 Å². The summed E-state index contributed by atoms with van der Waals surface area (Å²) in [5.74, 6) is -1.17. The van der Waals surface area contributed by atoms with E-state index in [1.54, 1.807) is 45.3 Å². The number of thiol groups is 1. The molecule has 2 saturated heterocycles. The van der Waals surface area contributed by atoms with E-state index >= 15 is 0 Å². The van der Waals surface area contributed by atoms with E-state index in [9.17, 15) is 0 Å². The molecule has 1 radical (unpaired) electrons. The molecule has 2 fully saturated rings. The van der Waals surface area contributed by atoms with Crippen LogP contribution in [0.5, 0.6) is 0 Å². The number of fused-ring (bicyclic) bond motifs is 10. The molecule has 8 rings (SSSR count). The van der Waals surface area contributed by atoms with E-state index < -0.39 is 11.6 Å². The molecule has 0 N–H and O–H groups in total. The monoisotopic (exact) mass is 624 g/mol. The summed E-state index contributed by atoms with van der Waals surface area (Å²) in [6, 6.07) is 8.49. The van der Waals surface area contributed by atoms with Crippen molar-refractivity contribution in [1.82, 2.24) is 0 Å². The molecule has 0 atom stereocenters. The molecule has 0 saturated carbocycles. The van der Waals surface area contributed by atoms with Crippen molar-refractivity contribution in [2.45, 2.75) is 19.0 Å². The van der Waals surface area contributed by atoms with Gasteiger partial charge in [0.25, 0.3) is 0 Å². The fraction of sp³-hybridized carbons (Fsp3) is 0.304. The molecule has 4 aromatic heterocycles. The van der Waals surface area contributed by atoms with Crippen LogP contribution >= 0.6 is 74.1 Å². The number of hydrogen-bond acceptors (Lipinski definition) is 10. The van der Waals surface area contributed by atoms with Gasteiger partial charge in [-0.3, -0.25) is 0 Å². The Morgan fingerprint density at radius 2 is 1.11 bits per heavy atom. The van der Waals surface area contributed by atoms with Gasteiger partial charge in [0.1, 0.15) is 0 Å². The zero-order valence-electron chi connectivity index (χ0n) is 17.5.